The zero-order valence-electron chi connectivity index (χ0n) is 15.5. The number of benzene rings is 1. The summed E-state index contributed by atoms with van der Waals surface area (Å²) >= 11 is 0. The summed E-state index contributed by atoms with van der Waals surface area (Å²) in [5.74, 6) is 0.822. The Kier molecular flexibility index (Phi) is 6.67. The Bertz CT molecular complexity index is 552. The van der Waals surface area contributed by atoms with Crippen LogP contribution in [0.1, 0.15) is 64.9 Å². The lowest BCUT2D eigenvalue weighted by atomic mass is 10.0. The minimum Gasteiger partial charge on any atom is -0.490 e. The first-order valence-electron chi connectivity index (χ1n) is 9.21. The molecule has 1 atom stereocenters. The fraction of sp³-hybridized carbons (Fsp3) is 0.650. The molecule has 0 aromatic heterocycles. The van der Waals surface area contributed by atoms with E-state index in [-0.39, 0.29) is 5.91 Å². The van der Waals surface area contributed by atoms with Gasteiger partial charge in [0.05, 0.1) is 6.10 Å². The highest BCUT2D eigenvalue weighted by Gasteiger charge is 2.32. The van der Waals surface area contributed by atoms with Gasteiger partial charge >= 0.3 is 0 Å². The van der Waals surface area contributed by atoms with E-state index in [2.05, 4.69) is 5.32 Å². The maximum absolute atomic E-state index is 12.6. The zero-order chi connectivity index (χ0) is 17.6. The predicted molar refractivity (Wildman–Crippen MR) is 97.6 cm³/mol. The van der Waals surface area contributed by atoms with Crippen LogP contribution in [0.25, 0.3) is 0 Å². The van der Waals surface area contributed by atoms with Crippen LogP contribution in [0.4, 0.5) is 5.69 Å². The molecule has 1 aliphatic rings. The number of rotatable bonds is 8. The van der Waals surface area contributed by atoms with E-state index in [0.29, 0.717) is 19.1 Å². The third-order valence-electron chi connectivity index (χ3n) is 4.81. The van der Waals surface area contributed by atoms with E-state index in [1.54, 1.807) is 0 Å². The molecule has 0 unspecified atom stereocenters. The standard InChI is InChI=1S/C20H31NO3/c1-5-13-23-20(4,6-2)19(22)21-16-11-12-18(15(3)14-16)24-17-9-7-8-10-17/h11-12,14,17H,5-10,13H2,1-4H3,(H,21,22)/t20-/m1/s1. The summed E-state index contributed by atoms with van der Waals surface area (Å²) in [7, 11) is 0. The smallest absolute Gasteiger partial charge is 0.256 e. The Morgan fingerprint density at radius 2 is 2.00 bits per heavy atom. The molecule has 1 aromatic rings. The highest BCUT2D eigenvalue weighted by molar-refractivity contribution is 5.97. The number of hydrogen-bond donors (Lipinski definition) is 1. The van der Waals surface area contributed by atoms with Crippen LogP contribution >= 0.6 is 0 Å². The van der Waals surface area contributed by atoms with Crippen LogP contribution in [-0.2, 0) is 9.53 Å². The quantitative estimate of drug-likeness (QED) is 0.740. The van der Waals surface area contributed by atoms with E-state index in [4.69, 9.17) is 9.47 Å². The van der Waals surface area contributed by atoms with Crippen LogP contribution in [0.3, 0.4) is 0 Å². The molecule has 0 saturated heterocycles. The molecule has 1 amide bonds. The van der Waals surface area contributed by atoms with Gasteiger partial charge in [0.15, 0.2) is 0 Å². The summed E-state index contributed by atoms with van der Waals surface area (Å²) in [5, 5.41) is 2.98. The number of ether oxygens (including phenoxy) is 2. The Hall–Kier alpha value is -1.55. The van der Waals surface area contributed by atoms with Gasteiger partial charge in [-0.15, -0.1) is 0 Å². The first kappa shape index (κ1) is 18.8. The topological polar surface area (TPSA) is 47.6 Å². The predicted octanol–water partition coefficient (Wildman–Crippen LogP) is 4.85. The minimum absolute atomic E-state index is 0.0951. The number of aryl methyl sites for hydroxylation is 1. The van der Waals surface area contributed by atoms with E-state index in [1.807, 2.05) is 45.9 Å². The van der Waals surface area contributed by atoms with Crippen molar-refractivity contribution >= 4 is 11.6 Å². The van der Waals surface area contributed by atoms with Gasteiger partial charge in [-0.25, -0.2) is 0 Å². The monoisotopic (exact) mass is 333 g/mol. The van der Waals surface area contributed by atoms with Gasteiger partial charge in [-0.05, 0) is 76.1 Å². The molecule has 1 saturated carbocycles. The Morgan fingerprint density at radius 3 is 2.58 bits per heavy atom. The highest BCUT2D eigenvalue weighted by Crippen LogP contribution is 2.28. The van der Waals surface area contributed by atoms with Crippen molar-refractivity contribution < 1.29 is 14.3 Å². The average Bonchev–Trinajstić information content (AvgIpc) is 3.08. The summed E-state index contributed by atoms with van der Waals surface area (Å²) in [5.41, 5.74) is 1.05. The first-order valence-corrected chi connectivity index (χ1v) is 9.21. The van der Waals surface area contributed by atoms with Crippen molar-refractivity contribution in [2.75, 3.05) is 11.9 Å². The van der Waals surface area contributed by atoms with Crippen LogP contribution in [0.5, 0.6) is 5.75 Å². The molecule has 0 spiro atoms. The molecule has 24 heavy (non-hydrogen) atoms. The van der Waals surface area contributed by atoms with Gasteiger partial charge in [-0.1, -0.05) is 13.8 Å². The second-order valence-corrected chi connectivity index (χ2v) is 6.89. The van der Waals surface area contributed by atoms with Crippen molar-refractivity contribution in [2.45, 2.75) is 77.9 Å². The molecule has 0 heterocycles. The lowest BCUT2D eigenvalue weighted by molar-refractivity contribution is -0.139. The number of carbonyl (C=O) groups excluding carboxylic acids is 1. The lowest BCUT2D eigenvalue weighted by Gasteiger charge is -2.27. The van der Waals surface area contributed by atoms with E-state index in [0.717, 1.165) is 36.3 Å². The van der Waals surface area contributed by atoms with Crippen LogP contribution in [-0.4, -0.2) is 24.2 Å². The molecule has 2 rings (SSSR count). The number of amides is 1. The van der Waals surface area contributed by atoms with Crippen molar-refractivity contribution in [3.63, 3.8) is 0 Å². The number of hydrogen-bond acceptors (Lipinski definition) is 3. The summed E-state index contributed by atoms with van der Waals surface area (Å²) in [6.07, 6.45) is 6.67. The second kappa shape index (κ2) is 8.52. The van der Waals surface area contributed by atoms with E-state index in [9.17, 15) is 4.79 Å². The van der Waals surface area contributed by atoms with Gasteiger partial charge in [0.25, 0.3) is 5.91 Å². The molecular formula is C20H31NO3. The second-order valence-electron chi connectivity index (χ2n) is 6.89. The number of carbonyl (C=O) groups is 1. The molecule has 1 aromatic carbocycles. The molecule has 0 bridgehead atoms. The third kappa shape index (κ3) is 4.73. The largest absolute Gasteiger partial charge is 0.490 e. The molecule has 0 aliphatic heterocycles. The molecule has 4 heteroatoms. The molecule has 134 valence electrons. The number of anilines is 1. The minimum atomic E-state index is -0.789. The van der Waals surface area contributed by atoms with Crippen molar-refractivity contribution in [3.8, 4) is 5.75 Å². The summed E-state index contributed by atoms with van der Waals surface area (Å²) in [6, 6.07) is 5.84. The summed E-state index contributed by atoms with van der Waals surface area (Å²) < 4.78 is 11.8. The SMILES string of the molecule is CCCO[C@](C)(CC)C(=O)Nc1ccc(OC2CCCC2)c(C)c1. The van der Waals surface area contributed by atoms with E-state index < -0.39 is 5.60 Å². The van der Waals surface area contributed by atoms with Crippen LogP contribution < -0.4 is 10.1 Å². The van der Waals surface area contributed by atoms with Gasteiger partial charge in [0.2, 0.25) is 0 Å². The van der Waals surface area contributed by atoms with Gasteiger partial charge in [0, 0.05) is 12.3 Å². The summed E-state index contributed by atoms with van der Waals surface area (Å²) in [6.45, 7) is 8.47. The maximum Gasteiger partial charge on any atom is 0.256 e. The van der Waals surface area contributed by atoms with Crippen molar-refractivity contribution in [1.29, 1.82) is 0 Å². The lowest BCUT2D eigenvalue weighted by Crippen LogP contribution is -2.42. The molecular weight excluding hydrogens is 302 g/mol. The molecule has 4 nitrogen and oxygen atoms in total. The molecule has 1 N–H and O–H groups in total. The van der Waals surface area contributed by atoms with Gasteiger partial charge in [-0.2, -0.15) is 0 Å². The Morgan fingerprint density at radius 1 is 1.29 bits per heavy atom. The van der Waals surface area contributed by atoms with Crippen molar-refractivity contribution in [3.05, 3.63) is 23.8 Å². The molecule has 1 aliphatic carbocycles. The normalized spacial score (nSPS) is 17.5. The van der Waals surface area contributed by atoms with Crippen molar-refractivity contribution in [1.82, 2.24) is 0 Å². The number of nitrogens with one attached hydrogen (secondary N) is 1. The van der Waals surface area contributed by atoms with Crippen LogP contribution in [0.2, 0.25) is 0 Å². The van der Waals surface area contributed by atoms with Crippen molar-refractivity contribution in [2.24, 2.45) is 0 Å². The average molecular weight is 333 g/mol. The molecule has 1 fully saturated rings. The van der Waals surface area contributed by atoms with Crippen LogP contribution in [0.15, 0.2) is 18.2 Å². The van der Waals surface area contributed by atoms with Gasteiger partial charge < -0.3 is 14.8 Å². The third-order valence-corrected chi connectivity index (χ3v) is 4.81. The fourth-order valence-corrected chi connectivity index (χ4v) is 2.96. The van der Waals surface area contributed by atoms with Gasteiger partial charge in [0.1, 0.15) is 11.4 Å². The molecule has 0 radical (unpaired) electrons. The Balaban J connectivity index is 2.01. The maximum atomic E-state index is 12.6. The van der Waals surface area contributed by atoms with E-state index in [1.165, 1.54) is 12.8 Å². The van der Waals surface area contributed by atoms with Gasteiger partial charge in [-0.3, -0.25) is 4.79 Å². The Labute approximate surface area is 145 Å². The van der Waals surface area contributed by atoms with Crippen LogP contribution in [0, 0.1) is 6.92 Å². The highest BCUT2D eigenvalue weighted by atomic mass is 16.5. The zero-order valence-corrected chi connectivity index (χ0v) is 15.5. The van der Waals surface area contributed by atoms with E-state index >= 15 is 0 Å². The summed E-state index contributed by atoms with van der Waals surface area (Å²) in [4.78, 5) is 12.6. The fourth-order valence-electron chi connectivity index (χ4n) is 2.96. The first-order chi connectivity index (χ1) is 11.5.